The van der Waals surface area contributed by atoms with Crippen LogP contribution < -0.4 is 0 Å². The van der Waals surface area contributed by atoms with Gasteiger partial charge in [-0.2, -0.15) is 0 Å². The first-order chi connectivity index (χ1) is 11.7. The minimum Gasteiger partial charge on any atom is -0.363 e. The van der Waals surface area contributed by atoms with Gasteiger partial charge in [0.2, 0.25) is 0 Å². The Morgan fingerprint density at radius 1 is 1.25 bits per heavy atom. The molecule has 0 bridgehead atoms. The van der Waals surface area contributed by atoms with Crippen LogP contribution in [0.3, 0.4) is 0 Å². The van der Waals surface area contributed by atoms with E-state index in [1.807, 2.05) is 19.0 Å². The maximum Gasteiger partial charge on any atom is 0.132 e. The van der Waals surface area contributed by atoms with Gasteiger partial charge < -0.3 is 9.64 Å². The molecule has 2 aromatic rings. The van der Waals surface area contributed by atoms with Crippen LogP contribution in [-0.4, -0.2) is 37.1 Å². The minimum absolute atomic E-state index is 0.0935. The molecule has 1 atom stereocenters. The standard InChI is InChI=1S/C17H22N2O/c1-17(20-14-13-19(2)3,15-9-5-4-6-10-15)16-11-7-8-12-18-16/h4-12H,13-14H2,1-3H3/t17-/m1/s1/i4D,5D,6D,9D,10D. The lowest BCUT2D eigenvalue weighted by Gasteiger charge is -2.30. The number of nitrogens with zero attached hydrogens (tertiary/aromatic N) is 2. The molecule has 3 heteroatoms. The summed E-state index contributed by atoms with van der Waals surface area (Å²) < 4.78 is 46.2. The van der Waals surface area contributed by atoms with Crippen LogP contribution in [0.5, 0.6) is 0 Å². The fourth-order valence-electron chi connectivity index (χ4n) is 1.84. The Balaban J connectivity index is 2.65. The van der Waals surface area contributed by atoms with Gasteiger partial charge in [-0.05, 0) is 38.7 Å². The molecular formula is C17H22N2O. The lowest BCUT2D eigenvalue weighted by Crippen LogP contribution is -2.32. The van der Waals surface area contributed by atoms with E-state index in [0.29, 0.717) is 18.8 Å². The first-order valence-corrected chi connectivity index (χ1v) is 6.47. The Hall–Kier alpha value is -1.71. The van der Waals surface area contributed by atoms with E-state index in [0.717, 1.165) is 0 Å². The molecule has 106 valence electrons. The van der Waals surface area contributed by atoms with E-state index >= 15 is 0 Å². The van der Waals surface area contributed by atoms with E-state index in [9.17, 15) is 0 Å². The van der Waals surface area contributed by atoms with Gasteiger partial charge >= 0.3 is 0 Å². The van der Waals surface area contributed by atoms with Gasteiger partial charge in [0.1, 0.15) is 5.60 Å². The van der Waals surface area contributed by atoms with Gasteiger partial charge in [0, 0.05) is 12.7 Å². The van der Waals surface area contributed by atoms with Crippen molar-refractivity contribution >= 4 is 0 Å². The van der Waals surface area contributed by atoms with E-state index in [2.05, 4.69) is 4.98 Å². The second-order valence-corrected chi connectivity index (χ2v) is 4.90. The summed E-state index contributed by atoms with van der Waals surface area (Å²) in [6.45, 7) is 2.64. The molecule has 2 rings (SSSR count). The molecule has 1 heterocycles. The summed E-state index contributed by atoms with van der Waals surface area (Å²) in [5, 5.41) is 0. The molecule has 0 aliphatic rings. The topological polar surface area (TPSA) is 25.4 Å². The predicted octanol–water partition coefficient (Wildman–Crippen LogP) is 2.92. The van der Waals surface area contributed by atoms with Crippen molar-refractivity contribution in [1.29, 1.82) is 0 Å². The van der Waals surface area contributed by atoms with Gasteiger partial charge in [-0.1, -0.05) is 36.3 Å². The SMILES string of the molecule is [2H]c1c([2H])c([2H])c([C@@](C)(OCCN(C)C)c2ccccn2)c([2H])c1[2H]. The van der Waals surface area contributed by atoms with Crippen LogP contribution in [0.2, 0.25) is 0 Å². The Labute approximate surface area is 128 Å². The van der Waals surface area contributed by atoms with Crippen molar-refractivity contribution in [1.82, 2.24) is 9.88 Å². The fourth-order valence-corrected chi connectivity index (χ4v) is 1.84. The molecule has 20 heavy (non-hydrogen) atoms. The number of aromatic nitrogens is 1. The van der Waals surface area contributed by atoms with Gasteiger partial charge in [-0.3, -0.25) is 4.98 Å². The third-order valence-corrected chi connectivity index (χ3v) is 3.06. The largest absolute Gasteiger partial charge is 0.363 e. The number of likely N-dealkylation sites (N-methyl/N-ethyl adjacent to an activating group) is 1. The summed E-state index contributed by atoms with van der Waals surface area (Å²) in [7, 11) is 3.82. The van der Waals surface area contributed by atoms with Crippen molar-refractivity contribution in [3.05, 3.63) is 65.9 Å². The smallest absolute Gasteiger partial charge is 0.132 e. The van der Waals surface area contributed by atoms with E-state index < -0.39 is 11.6 Å². The van der Waals surface area contributed by atoms with Gasteiger partial charge in [0.25, 0.3) is 0 Å². The van der Waals surface area contributed by atoms with E-state index in [1.54, 1.807) is 31.3 Å². The van der Waals surface area contributed by atoms with E-state index in [1.165, 1.54) is 0 Å². The number of hydrogen-bond donors (Lipinski definition) is 0. The Bertz CT molecular complexity index is 725. The molecule has 0 radical (unpaired) electrons. The highest BCUT2D eigenvalue weighted by molar-refractivity contribution is 5.31. The number of benzene rings is 1. The highest BCUT2D eigenvalue weighted by Crippen LogP contribution is 2.31. The van der Waals surface area contributed by atoms with Crippen molar-refractivity contribution in [3.63, 3.8) is 0 Å². The van der Waals surface area contributed by atoms with Gasteiger partial charge in [0.15, 0.2) is 0 Å². The molecule has 0 N–H and O–H groups in total. The molecule has 0 unspecified atom stereocenters. The average Bonchev–Trinajstić information content (AvgIpc) is 2.59. The van der Waals surface area contributed by atoms with Crippen LogP contribution in [0.25, 0.3) is 0 Å². The summed E-state index contributed by atoms with van der Waals surface area (Å²) in [5.41, 5.74) is -0.673. The summed E-state index contributed by atoms with van der Waals surface area (Å²) in [5.74, 6) is 0. The van der Waals surface area contributed by atoms with Crippen molar-refractivity contribution in [2.45, 2.75) is 12.5 Å². The lowest BCUT2D eigenvalue weighted by atomic mass is 9.91. The molecular weight excluding hydrogens is 248 g/mol. The molecule has 1 aromatic carbocycles. The van der Waals surface area contributed by atoms with Crippen LogP contribution in [0, 0.1) is 0 Å². The molecule has 0 saturated carbocycles. The number of pyridine rings is 1. The van der Waals surface area contributed by atoms with Crippen LogP contribution in [0.4, 0.5) is 0 Å². The zero-order valence-electron chi connectivity index (χ0n) is 17.0. The van der Waals surface area contributed by atoms with Crippen molar-refractivity contribution in [2.75, 3.05) is 27.2 Å². The zero-order valence-corrected chi connectivity index (χ0v) is 12.0. The fraction of sp³-hybridized carbons (Fsp3) is 0.353. The predicted molar refractivity (Wildman–Crippen MR) is 81.6 cm³/mol. The monoisotopic (exact) mass is 275 g/mol. The second kappa shape index (κ2) is 6.64. The van der Waals surface area contributed by atoms with E-state index in [4.69, 9.17) is 11.6 Å². The molecule has 0 saturated heterocycles. The number of ether oxygens (including phenoxy) is 1. The molecule has 0 aliphatic heterocycles. The summed E-state index contributed by atoms with van der Waals surface area (Å²) in [4.78, 5) is 6.26. The van der Waals surface area contributed by atoms with Crippen molar-refractivity contribution in [3.8, 4) is 0 Å². The lowest BCUT2D eigenvalue weighted by molar-refractivity contribution is -0.0131. The van der Waals surface area contributed by atoms with Gasteiger partial charge in [0.05, 0.1) is 19.2 Å². The van der Waals surface area contributed by atoms with Crippen molar-refractivity contribution < 1.29 is 11.6 Å². The molecule has 0 aliphatic carbocycles. The first-order valence-electron chi connectivity index (χ1n) is 8.97. The minimum atomic E-state index is -1.26. The summed E-state index contributed by atoms with van der Waals surface area (Å²) in [6.07, 6.45) is 1.60. The Morgan fingerprint density at radius 3 is 2.60 bits per heavy atom. The van der Waals surface area contributed by atoms with Gasteiger partial charge in [-0.15, -0.1) is 0 Å². The second-order valence-electron chi connectivity index (χ2n) is 4.90. The maximum absolute atomic E-state index is 8.27. The Morgan fingerprint density at radius 2 is 2.00 bits per heavy atom. The van der Waals surface area contributed by atoms with Crippen LogP contribution in [0.15, 0.2) is 54.6 Å². The normalized spacial score (nSPS) is 17.7. The van der Waals surface area contributed by atoms with Crippen molar-refractivity contribution in [2.24, 2.45) is 0 Å². The first kappa shape index (κ1) is 9.27. The number of rotatable bonds is 6. The summed E-state index contributed by atoms with van der Waals surface area (Å²) in [6, 6.07) is 3.54. The molecule has 0 fully saturated rings. The molecule has 3 nitrogen and oxygen atoms in total. The van der Waals surface area contributed by atoms with Gasteiger partial charge in [-0.25, -0.2) is 0 Å². The highest BCUT2D eigenvalue weighted by atomic mass is 16.5. The molecule has 1 aromatic heterocycles. The zero-order chi connectivity index (χ0) is 18.8. The summed E-state index contributed by atoms with van der Waals surface area (Å²) >= 11 is 0. The maximum atomic E-state index is 8.27. The van der Waals surface area contributed by atoms with Crippen LogP contribution in [0.1, 0.15) is 25.0 Å². The Kier molecular flexibility index (Phi) is 3.08. The van der Waals surface area contributed by atoms with Crippen LogP contribution in [-0.2, 0) is 10.3 Å². The van der Waals surface area contributed by atoms with E-state index in [-0.39, 0.29) is 29.7 Å². The average molecular weight is 275 g/mol. The van der Waals surface area contributed by atoms with Crippen LogP contribution >= 0.6 is 0 Å². The highest BCUT2D eigenvalue weighted by Gasteiger charge is 2.31. The third-order valence-electron chi connectivity index (χ3n) is 3.06. The molecule has 0 amide bonds. The number of hydrogen-bond acceptors (Lipinski definition) is 3. The third kappa shape index (κ3) is 3.44. The quantitative estimate of drug-likeness (QED) is 0.810. The molecule has 0 spiro atoms.